The lowest BCUT2D eigenvalue weighted by molar-refractivity contribution is 0.0964. The number of likely N-dealkylation sites (tertiary alicyclic amines) is 1. The van der Waals surface area contributed by atoms with Crippen LogP contribution in [0, 0.1) is 0 Å². The van der Waals surface area contributed by atoms with Crippen molar-refractivity contribution in [3.63, 3.8) is 0 Å². The summed E-state index contributed by atoms with van der Waals surface area (Å²) in [5, 5.41) is 6.66. The van der Waals surface area contributed by atoms with Gasteiger partial charge in [0.2, 0.25) is 0 Å². The molecule has 318 valence electrons. The van der Waals surface area contributed by atoms with E-state index >= 15 is 0 Å². The molecule has 1 fully saturated rings. The van der Waals surface area contributed by atoms with Crippen molar-refractivity contribution in [3.8, 4) is 23.0 Å². The Morgan fingerprint density at radius 2 is 1.17 bits per heavy atom. The molecule has 58 heavy (non-hydrogen) atoms. The van der Waals surface area contributed by atoms with Gasteiger partial charge in [-0.1, -0.05) is 13.8 Å². The Hall–Kier alpha value is -5.48. The number of guanidine groups is 2. The van der Waals surface area contributed by atoms with Crippen LogP contribution in [0.1, 0.15) is 88.2 Å². The molecule has 2 aromatic heterocycles. The quantitative estimate of drug-likeness (QED) is 0.0438. The second kappa shape index (κ2) is 22.5. The standard InChI is InChI=1S/C21H31N5O3.C21H33N5O3/c1-14(2)29-17-7-8-18(28-12-6-11-26-9-4-5-10-26)19-15(17)13-16(24-19)20(27)25-21(22)23-3;1-6-26(7-2)11-8-12-28-18-10-9-17(29-14(3)4)15-13-16(24-19(15)18)20(27)25-21(22)23-5/h7-8,13-14,24H,4-6,9-12H2,1-3H3,(H3,22,23,25,27);9-10,13-14,24H,6-8,11-12H2,1-5H3,(H3,22,23,25,27). The molecule has 0 saturated carbocycles. The fourth-order valence-corrected chi connectivity index (χ4v) is 6.50. The van der Waals surface area contributed by atoms with Gasteiger partial charge in [0, 0.05) is 38.0 Å². The van der Waals surface area contributed by atoms with Gasteiger partial charge >= 0.3 is 0 Å². The summed E-state index contributed by atoms with van der Waals surface area (Å²) in [6.07, 6.45) is 4.49. The first-order chi connectivity index (χ1) is 27.9. The molecule has 5 rings (SSSR count). The van der Waals surface area contributed by atoms with Crippen LogP contribution in [0.4, 0.5) is 0 Å². The number of carbonyl (C=O) groups excluding carboxylic acids is 2. The third-order valence-electron chi connectivity index (χ3n) is 9.46. The van der Waals surface area contributed by atoms with Crippen molar-refractivity contribution in [2.45, 2.75) is 79.4 Å². The van der Waals surface area contributed by atoms with E-state index in [9.17, 15) is 9.59 Å². The predicted octanol–water partition coefficient (Wildman–Crippen LogP) is 5.23. The number of benzene rings is 2. The Morgan fingerprint density at radius 1 is 0.741 bits per heavy atom. The van der Waals surface area contributed by atoms with Crippen molar-refractivity contribution in [2.75, 3.05) is 66.6 Å². The Kier molecular flexibility index (Phi) is 17.5. The molecule has 2 aromatic carbocycles. The molecule has 1 aliphatic rings. The smallest absolute Gasteiger partial charge is 0.274 e. The van der Waals surface area contributed by atoms with Gasteiger partial charge in [-0.05, 0) is 116 Å². The minimum absolute atomic E-state index is 0.00841. The van der Waals surface area contributed by atoms with Gasteiger partial charge in [-0.2, -0.15) is 0 Å². The Labute approximate surface area is 342 Å². The highest BCUT2D eigenvalue weighted by molar-refractivity contribution is 6.08. The van der Waals surface area contributed by atoms with Crippen molar-refractivity contribution in [1.82, 2.24) is 30.4 Å². The number of H-pyrrole nitrogens is 2. The summed E-state index contributed by atoms with van der Waals surface area (Å²) < 4.78 is 23.9. The number of nitrogens with two attached hydrogens (primary N) is 2. The number of ether oxygens (including phenoxy) is 4. The highest BCUT2D eigenvalue weighted by atomic mass is 16.5. The fourth-order valence-electron chi connectivity index (χ4n) is 6.50. The Balaban J connectivity index is 0.000000257. The number of hydrogen-bond acceptors (Lipinski definition) is 10. The summed E-state index contributed by atoms with van der Waals surface area (Å²) in [4.78, 5) is 43.5. The van der Waals surface area contributed by atoms with Gasteiger partial charge in [0.1, 0.15) is 34.4 Å². The van der Waals surface area contributed by atoms with Crippen molar-refractivity contribution in [2.24, 2.45) is 21.5 Å². The first kappa shape index (κ1) is 45.2. The molecular weight excluding hydrogens is 741 g/mol. The highest BCUT2D eigenvalue weighted by Crippen LogP contribution is 2.35. The molecule has 4 aromatic rings. The average Bonchev–Trinajstić information content (AvgIpc) is 3.99. The third kappa shape index (κ3) is 13.0. The van der Waals surface area contributed by atoms with Crippen LogP contribution in [-0.2, 0) is 0 Å². The van der Waals surface area contributed by atoms with Crippen LogP contribution in [0.15, 0.2) is 46.4 Å². The minimum Gasteiger partial charge on any atom is -0.491 e. The van der Waals surface area contributed by atoms with Gasteiger partial charge in [0.25, 0.3) is 11.8 Å². The largest absolute Gasteiger partial charge is 0.491 e. The van der Waals surface area contributed by atoms with Gasteiger partial charge < -0.3 is 50.2 Å². The van der Waals surface area contributed by atoms with E-state index in [4.69, 9.17) is 30.4 Å². The lowest BCUT2D eigenvalue weighted by atomic mass is 10.2. The van der Waals surface area contributed by atoms with Gasteiger partial charge in [0.05, 0.1) is 36.5 Å². The summed E-state index contributed by atoms with van der Waals surface area (Å²) in [5.74, 6) is 2.17. The molecule has 16 heteroatoms. The first-order valence-corrected chi connectivity index (χ1v) is 20.3. The van der Waals surface area contributed by atoms with E-state index in [1.807, 2.05) is 52.0 Å². The van der Waals surface area contributed by atoms with Crippen molar-refractivity contribution >= 4 is 45.5 Å². The van der Waals surface area contributed by atoms with Gasteiger partial charge in [-0.3, -0.25) is 30.2 Å². The molecule has 0 aliphatic carbocycles. The zero-order chi connectivity index (χ0) is 42.2. The van der Waals surface area contributed by atoms with Gasteiger partial charge in [-0.15, -0.1) is 0 Å². The molecule has 0 spiro atoms. The average molecular weight is 805 g/mol. The summed E-state index contributed by atoms with van der Waals surface area (Å²) in [6.45, 7) is 19.8. The predicted molar refractivity (Wildman–Crippen MR) is 232 cm³/mol. The van der Waals surface area contributed by atoms with Gasteiger partial charge in [0.15, 0.2) is 11.9 Å². The zero-order valence-electron chi connectivity index (χ0n) is 35.5. The number of aromatic amines is 2. The number of aromatic nitrogens is 2. The monoisotopic (exact) mass is 805 g/mol. The molecule has 0 radical (unpaired) electrons. The summed E-state index contributed by atoms with van der Waals surface area (Å²) in [5.41, 5.74) is 13.4. The van der Waals surface area contributed by atoms with E-state index in [0.717, 1.165) is 60.8 Å². The van der Waals surface area contributed by atoms with E-state index in [1.54, 1.807) is 12.1 Å². The highest BCUT2D eigenvalue weighted by Gasteiger charge is 2.19. The number of hydrogen-bond donors (Lipinski definition) is 6. The van der Waals surface area contributed by atoms with Crippen LogP contribution in [0.2, 0.25) is 0 Å². The lowest BCUT2D eigenvalue weighted by Gasteiger charge is -2.18. The number of carbonyl (C=O) groups is 2. The van der Waals surface area contributed by atoms with Crippen LogP contribution in [0.3, 0.4) is 0 Å². The summed E-state index contributed by atoms with van der Waals surface area (Å²) >= 11 is 0. The maximum Gasteiger partial charge on any atom is 0.274 e. The SMILES string of the molecule is CCN(CC)CCCOc1ccc(OC(C)C)c2cc(C(=O)NC(N)=NC)[nH]c12.CN=C(N)NC(=O)c1cc2c(OC(C)C)ccc(OCCCN3CCCC3)c2[nH]1. The third-order valence-corrected chi connectivity index (χ3v) is 9.46. The summed E-state index contributed by atoms with van der Waals surface area (Å²) in [6, 6.07) is 11.0. The van der Waals surface area contributed by atoms with Crippen molar-refractivity contribution < 1.29 is 28.5 Å². The van der Waals surface area contributed by atoms with Crippen LogP contribution in [0.25, 0.3) is 21.8 Å². The number of amides is 2. The van der Waals surface area contributed by atoms with Crippen LogP contribution in [-0.4, -0.2) is 122 Å². The second-order valence-electron chi connectivity index (χ2n) is 14.5. The minimum atomic E-state index is -0.368. The van der Waals surface area contributed by atoms with Crippen LogP contribution >= 0.6 is 0 Å². The molecule has 2 amide bonds. The fraction of sp³-hybridized carbons (Fsp3) is 0.524. The van der Waals surface area contributed by atoms with Crippen LogP contribution < -0.4 is 41.0 Å². The van der Waals surface area contributed by atoms with E-state index < -0.39 is 0 Å². The number of rotatable bonds is 18. The normalized spacial score (nSPS) is 13.6. The summed E-state index contributed by atoms with van der Waals surface area (Å²) in [7, 11) is 3.03. The van der Waals surface area contributed by atoms with Crippen molar-refractivity contribution in [1.29, 1.82) is 0 Å². The van der Waals surface area contributed by atoms with Gasteiger partial charge in [-0.25, -0.2) is 0 Å². The van der Waals surface area contributed by atoms with E-state index in [1.165, 1.54) is 40.0 Å². The van der Waals surface area contributed by atoms with E-state index in [2.05, 4.69) is 54.2 Å². The van der Waals surface area contributed by atoms with E-state index in [0.29, 0.717) is 47.6 Å². The molecule has 3 heterocycles. The number of nitrogens with zero attached hydrogens (tertiary/aromatic N) is 4. The molecule has 16 nitrogen and oxygen atoms in total. The second-order valence-corrected chi connectivity index (χ2v) is 14.5. The first-order valence-electron chi connectivity index (χ1n) is 20.3. The zero-order valence-corrected chi connectivity index (χ0v) is 35.5. The molecule has 1 saturated heterocycles. The Morgan fingerprint density at radius 3 is 1.59 bits per heavy atom. The maximum atomic E-state index is 12.4. The number of nitrogens with one attached hydrogen (secondary N) is 4. The number of fused-ring (bicyclic) bond motifs is 2. The Bertz CT molecular complexity index is 1860. The molecule has 0 bridgehead atoms. The molecule has 0 atom stereocenters. The topological polar surface area (TPSA) is 210 Å². The lowest BCUT2D eigenvalue weighted by Crippen LogP contribution is -2.36. The maximum absolute atomic E-state index is 12.4. The van der Waals surface area contributed by atoms with E-state index in [-0.39, 0.29) is 35.9 Å². The van der Waals surface area contributed by atoms with Crippen LogP contribution in [0.5, 0.6) is 23.0 Å². The number of aliphatic imine (C=N–C) groups is 2. The molecular formula is C42H64N10O6. The molecule has 0 unspecified atom stereocenters. The molecule has 1 aliphatic heterocycles. The molecule has 8 N–H and O–H groups in total. The van der Waals surface area contributed by atoms with Crippen molar-refractivity contribution in [3.05, 3.63) is 47.8 Å².